The number of thioether (sulfide) groups is 1. The first kappa shape index (κ1) is 17.3. The maximum Gasteiger partial charge on any atom is 0.266 e. The van der Waals surface area contributed by atoms with Gasteiger partial charge in [0.25, 0.3) is 5.91 Å². The molecule has 3 unspecified atom stereocenters. The number of thiocarbonyl (C=S) groups is 1. The first-order valence-corrected chi connectivity index (χ1v) is 10.7. The third kappa shape index (κ3) is 3.07. The Morgan fingerprint density at radius 2 is 1.96 bits per heavy atom. The third-order valence-electron chi connectivity index (χ3n) is 6.09. The molecule has 5 heteroatoms. The van der Waals surface area contributed by atoms with Crippen molar-refractivity contribution in [1.29, 1.82) is 0 Å². The van der Waals surface area contributed by atoms with Gasteiger partial charge in [-0.15, -0.1) is 0 Å². The summed E-state index contributed by atoms with van der Waals surface area (Å²) < 4.78 is 6.66. The van der Waals surface area contributed by atoms with Crippen LogP contribution in [-0.2, 0) is 4.79 Å². The molecule has 3 atom stereocenters. The molecule has 1 aromatic carbocycles. The molecule has 1 aromatic heterocycles. The first-order chi connectivity index (χ1) is 13.1. The van der Waals surface area contributed by atoms with E-state index in [0.717, 1.165) is 23.7 Å². The average molecular weight is 396 g/mol. The van der Waals surface area contributed by atoms with Crippen molar-refractivity contribution in [3.8, 4) is 11.3 Å². The van der Waals surface area contributed by atoms with E-state index >= 15 is 0 Å². The van der Waals surface area contributed by atoms with Crippen LogP contribution in [0.1, 0.15) is 37.0 Å². The zero-order chi connectivity index (χ0) is 18.5. The van der Waals surface area contributed by atoms with Gasteiger partial charge in [0.05, 0.1) is 4.91 Å². The van der Waals surface area contributed by atoms with Crippen LogP contribution in [0.3, 0.4) is 0 Å². The fraction of sp³-hybridized carbons (Fsp3) is 0.364. The number of fused-ring (bicyclic) bond motifs is 2. The summed E-state index contributed by atoms with van der Waals surface area (Å²) in [5.41, 5.74) is 2.25. The fourth-order valence-electron chi connectivity index (χ4n) is 4.73. The lowest BCUT2D eigenvalue weighted by molar-refractivity contribution is -0.124. The van der Waals surface area contributed by atoms with Gasteiger partial charge in [0.2, 0.25) is 0 Å². The van der Waals surface area contributed by atoms with E-state index in [4.69, 9.17) is 16.6 Å². The summed E-state index contributed by atoms with van der Waals surface area (Å²) in [6.07, 6.45) is 6.77. The minimum Gasteiger partial charge on any atom is -0.457 e. The number of furan rings is 1. The third-order valence-corrected chi connectivity index (χ3v) is 7.42. The van der Waals surface area contributed by atoms with E-state index in [1.807, 2.05) is 35.2 Å². The number of aryl methyl sites for hydroxylation is 1. The van der Waals surface area contributed by atoms with Crippen molar-refractivity contribution < 1.29 is 9.21 Å². The Morgan fingerprint density at radius 3 is 2.67 bits per heavy atom. The SMILES string of the molecule is Cc1ccc(-c2ccc(C=C3SC(=S)N(C4CC5CCC4C5)C3=O)o2)cc1. The number of carbonyl (C=O) groups excluding carboxylic acids is 1. The molecule has 3 fully saturated rings. The molecular formula is C22H21NO2S2. The van der Waals surface area contributed by atoms with Crippen LogP contribution in [0.15, 0.2) is 45.7 Å². The highest BCUT2D eigenvalue weighted by molar-refractivity contribution is 8.26. The predicted molar refractivity (Wildman–Crippen MR) is 113 cm³/mol. The molecule has 1 aliphatic heterocycles. The topological polar surface area (TPSA) is 33.5 Å². The van der Waals surface area contributed by atoms with Crippen molar-refractivity contribution in [2.75, 3.05) is 0 Å². The largest absolute Gasteiger partial charge is 0.457 e. The lowest BCUT2D eigenvalue weighted by Crippen LogP contribution is -2.41. The normalized spacial score (nSPS) is 28.7. The average Bonchev–Trinajstić information content (AvgIpc) is 3.42. The summed E-state index contributed by atoms with van der Waals surface area (Å²) in [7, 11) is 0. The Kier molecular flexibility index (Phi) is 4.25. The molecular weight excluding hydrogens is 374 g/mol. The maximum absolute atomic E-state index is 13.0. The molecule has 2 aliphatic carbocycles. The van der Waals surface area contributed by atoms with Gasteiger partial charge >= 0.3 is 0 Å². The predicted octanol–water partition coefficient (Wildman–Crippen LogP) is 5.64. The molecule has 1 saturated heterocycles. The summed E-state index contributed by atoms with van der Waals surface area (Å²) in [5, 5.41) is 0. The van der Waals surface area contributed by atoms with Gasteiger partial charge in [0.1, 0.15) is 15.8 Å². The zero-order valence-corrected chi connectivity index (χ0v) is 16.8. The number of hydrogen-bond acceptors (Lipinski definition) is 4. The molecule has 0 N–H and O–H groups in total. The summed E-state index contributed by atoms with van der Waals surface area (Å²) in [5.74, 6) is 2.98. The van der Waals surface area contributed by atoms with E-state index in [1.165, 1.54) is 36.6 Å². The van der Waals surface area contributed by atoms with Gasteiger partial charge < -0.3 is 4.42 Å². The number of hydrogen-bond donors (Lipinski definition) is 0. The molecule has 0 radical (unpaired) electrons. The standard InChI is InChI=1S/C22H21NO2S2/c1-13-2-5-15(6-3-13)19-9-8-17(25-19)12-20-21(24)23(22(26)27-20)18-11-14-4-7-16(18)10-14/h2-3,5-6,8-9,12,14,16,18H,4,7,10-11H2,1H3. The van der Waals surface area contributed by atoms with Crippen LogP contribution >= 0.6 is 24.0 Å². The minimum atomic E-state index is 0.0517. The Balaban J connectivity index is 1.37. The summed E-state index contributed by atoms with van der Waals surface area (Å²) in [6.45, 7) is 2.06. The molecule has 2 aromatic rings. The van der Waals surface area contributed by atoms with Crippen LogP contribution < -0.4 is 0 Å². The number of rotatable bonds is 3. The van der Waals surface area contributed by atoms with E-state index in [9.17, 15) is 4.79 Å². The molecule has 3 aliphatic rings. The van der Waals surface area contributed by atoms with Gasteiger partial charge in [-0.3, -0.25) is 9.69 Å². The first-order valence-electron chi connectivity index (χ1n) is 9.52. The minimum absolute atomic E-state index is 0.0517. The lowest BCUT2D eigenvalue weighted by Gasteiger charge is -2.30. The van der Waals surface area contributed by atoms with Gasteiger partial charge in [-0.1, -0.05) is 60.2 Å². The van der Waals surface area contributed by atoms with Crippen LogP contribution in [-0.4, -0.2) is 21.2 Å². The van der Waals surface area contributed by atoms with Crippen LogP contribution in [0.2, 0.25) is 0 Å². The fourth-order valence-corrected chi connectivity index (χ4v) is 6.08. The van der Waals surface area contributed by atoms with E-state index in [2.05, 4.69) is 19.1 Å². The van der Waals surface area contributed by atoms with Crippen molar-refractivity contribution >= 4 is 40.3 Å². The van der Waals surface area contributed by atoms with Crippen LogP contribution in [0, 0.1) is 18.8 Å². The molecule has 0 spiro atoms. The van der Waals surface area contributed by atoms with Crippen LogP contribution in [0.4, 0.5) is 0 Å². The van der Waals surface area contributed by atoms with Crippen molar-refractivity contribution in [3.63, 3.8) is 0 Å². The van der Waals surface area contributed by atoms with Crippen LogP contribution in [0.5, 0.6) is 0 Å². The Labute approximate surface area is 168 Å². The molecule has 5 rings (SSSR count). The second-order valence-electron chi connectivity index (χ2n) is 7.86. The second-order valence-corrected chi connectivity index (χ2v) is 9.54. The quantitative estimate of drug-likeness (QED) is 0.497. The Morgan fingerprint density at radius 1 is 1.15 bits per heavy atom. The zero-order valence-electron chi connectivity index (χ0n) is 15.2. The van der Waals surface area contributed by atoms with Gasteiger partial charge in [0, 0.05) is 17.7 Å². The number of amides is 1. The smallest absolute Gasteiger partial charge is 0.266 e. The number of nitrogens with zero attached hydrogens (tertiary/aromatic N) is 1. The molecule has 2 bridgehead atoms. The molecule has 1 amide bonds. The van der Waals surface area contributed by atoms with E-state index < -0.39 is 0 Å². The lowest BCUT2D eigenvalue weighted by atomic mass is 9.94. The van der Waals surface area contributed by atoms with Gasteiger partial charge in [-0.05, 0) is 50.2 Å². The summed E-state index contributed by atoms with van der Waals surface area (Å²) >= 11 is 6.96. The van der Waals surface area contributed by atoms with E-state index in [-0.39, 0.29) is 5.91 Å². The van der Waals surface area contributed by atoms with Gasteiger partial charge in [0.15, 0.2) is 0 Å². The highest BCUT2D eigenvalue weighted by atomic mass is 32.2. The van der Waals surface area contributed by atoms with Crippen molar-refractivity contribution in [1.82, 2.24) is 4.90 Å². The summed E-state index contributed by atoms with van der Waals surface area (Å²) in [6, 6.07) is 12.4. The highest BCUT2D eigenvalue weighted by Crippen LogP contribution is 2.49. The van der Waals surface area contributed by atoms with Gasteiger partial charge in [-0.2, -0.15) is 0 Å². The second kappa shape index (κ2) is 6.64. The Bertz CT molecular complexity index is 943. The maximum atomic E-state index is 13.0. The number of carbonyl (C=O) groups is 1. The van der Waals surface area contributed by atoms with E-state index in [0.29, 0.717) is 26.9 Å². The monoisotopic (exact) mass is 395 g/mol. The van der Waals surface area contributed by atoms with Crippen molar-refractivity contribution in [2.45, 2.75) is 38.6 Å². The van der Waals surface area contributed by atoms with E-state index in [1.54, 1.807) is 0 Å². The molecule has 2 saturated carbocycles. The molecule has 138 valence electrons. The molecule has 3 nitrogen and oxygen atoms in total. The molecule has 2 heterocycles. The van der Waals surface area contributed by atoms with Gasteiger partial charge in [-0.25, -0.2) is 0 Å². The van der Waals surface area contributed by atoms with Crippen molar-refractivity contribution in [2.24, 2.45) is 11.8 Å². The number of benzene rings is 1. The summed E-state index contributed by atoms with van der Waals surface area (Å²) in [4.78, 5) is 15.6. The highest BCUT2D eigenvalue weighted by Gasteiger charge is 2.47. The molecule has 27 heavy (non-hydrogen) atoms. The van der Waals surface area contributed by atoms with Crippen LogP contribution in [0.25, 0.3) is 17.4 Å². The Hall–Kier alpha value is -1.85. The van der Waals surface area contributed by atoms with Crippen molar-refractivity contribution in [3.05, 3.63) is 52.6 Å².